The number of aromatic nitrogens is 2. The molecular weight excluding hydrogens is 347 g/mol. The highest BCUT2D eigenvalue weighted by Crippen LogP contribution is 2.30. The van der Waals surface area contributed by atoms with Crippen molar-refractivity contribution in [2.24, 2.45) is 0 Å². The average Bonchev–Trinajstić information content (AvgIpc) is 2.87. The van der Waals surface area contributed by atoms with Gasteiger partial charge in [0.2, 0.25) is 11.0 Å². The summed E-state index contributed by atoms with van der Waals surface area (Å²) in [6.45, 7) is 9.58. The lowest BCUT2D eigenvalue weighted by Gasteiger charge is -2.18. The molecule has 0 spiro atoms. The van der Waals surface area contributed by atoms with Gasteiger partial charge in [-0.25, -0.2) is 4.39 Å². The molecule has 0 aliphatic heterocycles. The van der Waals surface area contributed by atoms with Gasteiger partial charge >= 0.3 is 0 Å². The predicted octanol–water partition coefficient (Wildman–Crippen LogP) is 4.32. The molecule has 0 bridgehead atoms. The number of amides is 1. The summed E-state index contributed by atoms with van der Waals surface area (Å²) in [4.78, 5) is 12.2. The quantitative estimate of drug-likeness (QED) is 0.770. The van der Waals surface area contributed by atoms with E-state index in [1.807, 2.05) is 20.8 Å². The molecule has 8 heteroatoms. The molecule has 1 heterocycles. The molecule has 0 aliphatic carbocycles. The first kappa shape index (κ1) is 18.7. The second-order valence-corrected chi connectivity index (χ2v) is 9.03. The summed E-state index contributed by atoms with van der Waals surface area (Å²) in [5.74, 6) is -0.543. The summed E-state index contributed by atoms with van der Waals surface area (Å²) in [6.07, 6.45) is 0. The third kappa shape index (κ3) is 5.45. The molecule has 0 saturated heterocycles. The maximum absolute atomic E-state index is 13.5. The van der Waals surface area contributed by atoms with Gasteiger partial charge in [0.15, 0.2) is 4.34 Å². The van der Waals surface area contributed by atoms with E-state index in [-0.39, 0.29) is 22.5 Å². The third-order valence-corrected chi connectivity index (χ3v) is 5.00. The fourth-order valence-electron chi connectivity index (χ4n) is 1.75. The Hall–Kier alpha value is -1.67. The molecule has 24 heavy (non-hydrogen) atoms. The van der Waals surface area contributed by atoms with Crippen molar-refractivity contribution in [1.29, 1.82) is 0 Å². The Kier molecular flexibility index (Phi) is 5.82. The van der Waals surface area contributed by atoms with Gasteiger partial charge in [-0.15, -0.1) is 10.2 Å². The Labute approximate surface area is 149 Å². The number of benzene rings is 1. The number of nitrogens with zero attached hydrogens (tertiary/aromatic N) is 2. The minimum absolute atomic E-state index is 0.0972. The van der Waals surface area contributed by atoms with Gasteiger partial charge in [0.1, 0.15) is 5.82 Å². The van der Waals surface area contributed by atoms with Gasteiger partial charge in [0.25, 0.3) is 0 Å². The first-order chi connectivity index (χ1) is 11.1. The Morgan fingerprint density at radius 2 is 2.04 bits per heavy atom. The van der Waals surface area contributed by atoms with E-state index >= 15 is 0 Å². The zero-order chi connectivity index (χ0) is 17.9. The van der Waals surface area contributed by atoms with Crippen LogP contribution in [0.2, 0.25) is 0 Å². The summed E-state index contributed by atoms with van der Waals surface area (Å²) >= 11 is 2.73. The highest BCUT2D eigenvalue weighted by Gasteiger charge is 2.19. The highest BCUT2D eigenvalue weighted by molar-refractivity contribution is 8.02. The molecule has 1 aromatic carbocycles. The molecule has 1 amide bonds. The van der Waals surface area contributed by atoms with Crippen molar-refractivity contribution in [2.75, 3.05) is 10.6 Å². The Morgan fingerprint density at radius 1 is 1.33 bits per heavy atom. The van der Waals surface area contributed by atoms with Crippen LogP contribution in [0.25, 0.3) is 0 Å². The number of carbonyl (C=O) groups is 1. The fourth-order valence-corrected chi connectivity index (χ4v) is 3.85. The van der Waals surface area contributed by atoms with E-state index in [0.29, 0.717) is 15.6 Å². The zero-order valence-electron chi connectivity index (χ0n) is 14.3. The standard InChI is InChI=1S/C16H21FN4OS2/c1-9-6-7-11(8-12(9)17)18-13(22)10(2)23-15-21-20-14(24-15)19-16(3,4)5/h6-8,10H,1-5H3,(H,18,22)(H,19,20)/t10-/m1/s1. The van der Waals surface area contributed by atoms with Gasteiger partial charge < -0.3 is 10.6 Å². The van der Waals surface area contributed by atoms with Crippen LogP contribution in [0.4, 0.5) is 15.2 Å². The molecular formula is C16H21FN4OS2. The van der Waals surface area contributed by atoms with Crippen LogP contribution in [0.1, 0.15) is 33.3 Å². The van der Waals surface area contributed by atoms with E-state index in [1.54, 1.807) is 26.0 Å². The molecule has 2 aromatic rings. The van der Waals surface area contributed by atoms with E-state index < -0.39 is 0 Å². The van der Waals surface area contributed by atoms with E-state index in [4.69, 9.17) is 0 Å². The number of halogens is 1. The van der Waals surface area contributed by atoms with Gasteiger partial charge in [-0.05, 0) is 52.3 Å². The minimum atomic E-state index is -0.371. The zero-order valence-corrected chi connectivity index (χ0v) is 15.9. The van der Waals surface area contributed by atoms with E-state index in [2.05, 4.69) is 20.8 Å². The number of nitrogens with one attached hydrogen (secondary N) is 2. The fraction of sp³-hybridized carbons (Fsp3) is 0.438. The summed E-state index contributed by atoms with van der Waals surface area (Å²) in [7, 11) is 0. The van der Waals surface area contributed by atoms with Crippen molar-refractivity contribution in [1.82, 2.24) is 10.2 Å². The molecule has 0 aliphatic rings. The number of hydrogen-bond donors (Lipinski definition) is 2. The van der Waals surface area contributed by atoms with Crippen molar-refractivity contribution >= 4 is 39.8 Å². The normalized spacial score (nSPS) is 12.8. The number of rotatable bonds is 5. The first-order valence-corrected chi connectivity index (χ1v) is 9.19. The molecule has 2 N–H and O–H groups in total. The van der Waals surface area contributed by atoms with Crippen LogP contribution >= 0.6 is 23.1 Å². The maximum atomic E-state index is 13.5. The van der Waals surface area contributed by atoms with Crippen LogP contribution in [0, 0.1) is 12.7 Å². The van der Waals surface area contributed by atoms with Crippen molar-refractivity contribution in [3.63, 3.8) is 0 Å². The summed E-state index contributed by atoms with van der Waals surface area (Å²) in [6, 6.07) is 4.64. The number of carbonyl (C=O) groups excluding carboxylic acids is 1. The molecule has 0 fully saturated rings. The number of hydrogen-bond acceptors (Lipinski definition) is 6. The van der Waals surface area contributed by atoms with E-state index in [1.165, 1.54) is 29.2 Å². The summed E-state index contributed by atoms with van der Waals surface area (Å²) < 4.78 is 14.2. The molecule has 0 radical (unpaired) electrons. The lowest BCUT2D eigenvalue weighted by atomic mass is 10.1. The average molecular weight is 369 g/mol. The predicted molar refractivity (Wildman–Crippen MR) is 98.4 cm³/mol. The van der Waals surface area contributed by atoms with Crippen LogP contribution < -0.4 is 10.6 Å². The van der Waals surface area contributed by atoms with Crippen LogP contribution in [0.15, 0.2) is 22.5 Å². The summed E-state index contributed by atoms with van der Waals surface area (Å²) in [5.41, 5.74) is 0.894. The Bertz CT molecular complexity index is 727. The Morgan fingerprint density at radius 3 is 2.67 bits per heavy atom. The van der Waals surface area contributed by atoms with Gasteiger partial charge in [0.05, 0.1) is 5.25 Å². The smallest absolute Gasteiger partial charge is 0.237 e. The van der Waals surface area contributed by atoms with E-state index in [9.17, 15) is 9.18 Å². The third-order valence-electron chi connectivity index (χ3n) is 2.97. The Balaban J connectivity index is 1.95. The van der Waals surface area contributed by atoms with Crippen molar-refractivity contribution in [2.45, 2.75) is 49.7 Å². The molecule has 0 unspecified atom stereocenters. The molecule has 1 aromatic heterocycles. The molecule has 0 saturated carbocycles. The second-order valence-electron chi connectivity index (χ2n) is 6.46. The lowest BCUT2D eigenvalue weighted by Crippen LogP contribution is -2.25. The highest BCUT2D eigenvalue weighted by atomic mass is 32.2. The van der Waals surface area contributed by atoms with Crippen LogP contribution in [-0.4, -0.2) is 26.9 Å². The topological polar surface area (TPSA) is 66.9 Å². The van der Waals surface area contributed by atoms with Gasteiger partial charge in [-0.2, -0.15) is 0 Å². The number of anilines is 2. The molecule has 1 atom stereocenters. The second kappa shape index (κ2) is 7.48. The largest absolute Gasteiger partial charge is 0.355 e. The van der Waals surface area contributed by atoms with Crippen molar-refractivity contribution in [3.05, 3.63) is 29.6 Å². The first-order valence-electron chi connectivity index (χ1n) is 7.49. The van der Waals surface area contributed by atoms with E-state index in [0.717, 1.165) is 5.13 Å². The monoisotopic (exact) mass is 368 g/mol. The van der Waals surface area contributed by atoms with Crippen molar-refractivity contribution < 1.29 is 9.18 Å². The lowest BCUT2D eigenvalue weighted by molar-refractivity contribution is -0.115. The number of thioether (sulfide) groups is 1. The van der Waals surface area contributed by atoms with Gasteiger partial charge in [0, 0.05) is 11.2 Å². The SMILES string of the molecule is Cc1ccc(NC(=O)[C@@H](C)Sc2nnc(NC(C)(C)C)s2)cc1F. The molecule has 2 rings (SSSR count). The van der Waals surface area contributed by atoms with Crippen LogP contribution in [0.3, 0.4) is 0 Å². The van der Waals surface area contributed by atoms with Crippen LogP contribution in [0.5, 0.6) is 0 Å². The number of aryl methyl sites for hydroxylation is 1. The summed E-state index contributed by atoms with van der Waals surface area (Å²) in [5, 5.41) is 14.5. The maximum Gasteiger partial charge on any atom is 0.237 e. The molecule has 130 valence electrons. The van der Waals surface area contributed by atoms with Crippen molar-refractivity contribution in [3.8, 4) is 0 Å². The molecule has 5 nitrogen and oxygen atoms in total. The minimum Gasteiger partial charge on any atom is -0.355 e. The van der Waals surface area contributed by atoms with Gasteiger partial charge in [-0.3, -0.25) is 4.79 Å². The van der Waals surface area contributed by atoms with Gasteiger partial charge in [-0.1, -0.05) is 29.2 Å². The van der Waals surface area contributed by atoms with Crippen LogP contribution in [-0.2, 0) is 4.79 Å².